The lowest BCUT2D eigenvalue weighted by Gasteiger charge is -2.22. The normalized spacial score (nSPS) is 12.8. The van der Waals surface area contributed by atoms with Crippen LogP contribution in [-0.2, 0) is 16.6 Å². The lowest BCUT2D eigenvalue weighted by Crippen LogP contribution is -2.35. The molecule has 0 aliphatic carbocycles. The van der Waals surface area contributed by atoms with E-state index in [4.69, 9.17) is 9.84 Å². The number of nitrogens with one attached hydrogen (secondary N) is 1. The minimum Gasteiger partial charge on any atom is -0.481 e. The van der Waals surface area contributed by atoms with E-state index in [0.29, 0.717) is 10.2 Å². The molecule has 0 saturated heterocycles. The van der Waals surface area contributed by atoms with E-state index in [1.807, 2.05) is 0 Å². The molecule has 20 heavy (non-hydrogen) atoms. The van der Waals surface area contributed by atoms with E-state index in [-0.39, 0.29) is 6.42 Å². The Balaban J connectivity index is 2.88. The first-order valence-corrected chi connectivity index (χ1v) is 6.78. The van der Waals surface area contributed by atoms with E-state index in [2.05, 4.69) is 26.3 Å². The second kappa shape index (κ2) is 6.25. The van der Waals surface area contributed by atoms with Crippen LogP contribution in [0.15, 0.2) is 10.8 Å². The molecule has 1 atom stereocenters. The molecule has 1 aromatic heterocycles. The number of carboxylic acid groups (broad SMARTS) is 1. The van der Waals surface area contributed by atoms with Gasteiger partial charge in [0, 0.05) is 12.6 Å². The molecule has 7 nitrogen and oxygen atoms in total. The van der Waals surface area contributed by atoms with Crippen LogP contribution in [-0.4, -0.2) is 32.6 Å². The molecular formula is C12H18BrN3O4. The summed E-state index contributed by atoms with van der Waals surface area (Å²) in [4.78, 5) is 22.7. The third-order valence-corrected chi connectivity index (χ3v) is 3.31. The number of hydrogen-bond donors (Lipinski definition) is 2. The van der Waals surface area contributed by atoms with E-state index in [1.165, 1.54) is 6.20 Å². The van der Waals surface area contributed by atoms with E-state index >= 15 is 0 Å². The summed E-state index contributed by atoms with van der Waals surface area (Å²) in [7, 11) is 1.71. The van der Waals surface area contributed by atoms with Gasteiger partial charge in [0.25, 0.3) is 0 Å². The molecule has 1 heterocycles. The maximum absolute atomic E-state index is 11.8. The molecule has 0 fully saturated rings. The van der Waals surface area contributed by atoms with E-state index in [0.717, 1.165) is 0 Å². The summed E-state index contributed by atoms with van der Waals surface area (Å²) in [5, 5.41) is 15.5. The van der Waals surface area contributed by atoms with E-state index in [1.54, 1.807) is 32.5 Å². The Morgan fingerprint density at radius 1 is 1.55 bits per heavy atom. The largest absolute Gasteiger partial charge is 0.481 e. The number of aryl methyl sites for hydroxylation is 1. The fourth-order valence-corrected chi connectivity index (χ4v) is 2.01. The van der Waals surface area contributed by atoms with Gasteiger partial charge >= 0.3 is 12.1 Å². The summed E-state index contributed by atoms with van der Waals surface area (Å²) in [5.74, 6) is -1.03. The van der Waals surface area contributed by atoms with Crippen LogP contribution in [0, 0.1) is 0 Å². The third kappa shape index (κ3) is 4.84. The first kappa shape index (κ1) is 16.5. The summed E-state index contributed by atoms with van der Waals surface area (Å²) in [6.45, 7) is 5.20. The molecular weight excluding hydrogens is 330 g/mol. The molecule has 0 aliphatic heterocycles. The van der Waals surface area contributed by atoms with Crippen molar-refractivity contribution in [3.63, 3.8) is 0 Å². The summed E-state index contributed by atoms with van der Waals surface area (Å²) < 4.78 is 7.29. The first-order valence-electron chi connectivity index (χ1n) is 5.99. The van der Waals surface area contributed by atoms with E-state index in [9.17, 15) is 9.59 Å². The zero-order valence-corrected chi connectivity index (χ0v) is 13.4. The van der Waals surface area contributed by atoms with Gasteiger partial charge in [-0.2, -0.15) is 5.10 Å². The Morgan fingerprint density at radius 2 is 2.15 bits per heavy atom. The van der Waals surface area contributed by atoms with Gasteiger partial charge in [-0.25, -0.2) is 4.79 Å². The fourth-order valence-electron chi connectivity index (χ4n) is 1.54. The van der Waals surface area contributed by atoms with Crippen LogP contribution < -0.4 is 5.32 Å². The van der Waals surface area contributed by atoms with Gasteiger partial charge in [0.2, 0.25) is 0 Å². The average Bonchev–Trinajstić information content (AvgIpc) is 2.55. The van der Waals surface area contributed by atoms with Crippen molar-refractivity contribution in [3.8, 4) is 0 Å². The summed E-state index contributed by atoms with van der Waals surface area (Å²) in [6, 6.07) is -0.717. The molecule has 0 bridgehead atoms. The molecule has 0 aromatic carbocycles. The topological polar surface area (TPSA) is 93.5 Å². The number of hydrogen-bond acceptors (Lipinski definition) is 4. The Hall–Kier alpha value is -1.57. The minimum atomic E-state index is -1.03. The Bertz CT molecular complexity index is 507. The molecule has 1 unspecified atom stereocenters. The van der Waals surface area contributed by atoms with Crippen molar-refractivity contribution in [1.29, 1.82) is 0 Å². The first-order chi connectivity index (χ1) is 9.10. The summed E-state index contributed by atoms with van der Waals surface area (Å²) in [6.07, 6.45) is 0.581. The molecule has 8 heteroatoms. The van der Waals surface area contributed by atoms with Crippen LogP contribution in [0.5, 0.6) is 0 Å². The molecule has 0 aliphatic rings. The quantitative estimate of drug-likeness (QED) is 0.870. The lowest BCUT2D eigenvalue weighted by atomic mass is 10.1. The maximum atomic E-state index is 11.8. The summed E-state index contributed by atoms with van der Waals surface area (Å²) in [5.41, 5.74) is -0.0647. The molecule has 0 spiro atoms. The van der Waals surface area contributed by atoms with Crippen molar-refractivity contribution < 1.29 is 19.4 Å². The zero-order valence-electron chi connectivity index (χ0n) is 11.8. The highest BCUT2D eigenvalue weighted by atomic mass is 79.9. The zero-order chi connectivity index (χ0) is 15.5. The van der Waals surface area contributed by atoms with Crippen molar-refractivity contribution >= 4 is 28.0 Å². The van der Waals surface area contributed by atoms with Gasteiger partial charge in [-0.3, -0.25) is 9.48 Å². The third-order valence-electron chi connectivity index (χ3n) is 2.34. The number of amides is 1. The van der Waals surface area contributed by atoms with Gasteiger partial charge in [0.15, 0.2) is 0 Å². The van der Waals surface area contributed by atoms with Gasteiger partial charge < -0.3 is 15.2 Å². The SMILES string of the molecule is Cn1ncc(C(CC(=O)O)NC(=O)OC(C)(C)C)c1Br. The Labute approximate surface area is 125 Å². The highest BCUT2D eigenvalue weighted by Gasteiger charge is 2.25. The Kier molecular flexibility index (Phi) is 5.15. The van der Waals surface area contributed by atoms with Gasteiger partial charge in [-0.1, -0.05) is 0 Å². The van der Waals surface area contributed by atoms with E-state index < -0.39 is 23.7 Å². The van der Waals surface area contributed by atoms with Gasteiger partial charge in [0.1, 0.15) is 10.2 Å². The smallest absolute Gasteiger partial charge is 0.408 e. The van der Waals surface area contributed by atoms with Crippen LogP contribution in [0.4, 0.5) is 4.79 Å². The number of aromatic nitrogens is 2. The van der Waals surface area contributed by atoms with Crippen LogP contribution in [0.1, 0.15) is 38.8 Å². The number of alkyl carbamates (subject to hydrolysis) is 1. The standard InChI is InChI=1S/C12H18BrN3O4/c1-12(2,3)20-11(19)15-8(5-9(17)18)7-6-14-16(4)10(7)13/h6,8H,5H2,1-4H3,(H,15,19)(H,17,18). The van der Waals surface area contributed by atoms with Crippen LogP contribution >= 0.6 is 15.9 Å². The number of halogens is 1. The second-order valence-corrected chi connectivity index (χ2v) is 6.06. The second-order valence-electron chi connectivity index (χ2n) is 5.31. The number of carbonyl (C=O) groups excluding carboxylic acids is 1. The van der Waals surface area contributed by atoms with Crippen molar-refractivity contribution in [2.45, 2.75) is 38.8 Å². The predicted molar refractivity (Wildman–Crippen MR) is 75.3 cm³/mol. The minimum absolute atomic E-state index is 0.260. The molecule has 1 aromatic rings. The van der Waals surface area contributed by atoms with Crippen LogP contribution in [0.3, 0.4) is 0 Å². The molecule has 0 radical (unpaired) electrons. The summed E-state index contributed by atoms with van der Waals surface area (Å²) >= 11 is 3.31. The molecule has 0 saturated carbocycles. The lowest BCUT2D eigenvalue weighted by molar-refractivity contribution is -0.137. The number of aliphatic carboxylic acids is 1. The van der Waals surface area contributed by atoms with Crippen molar-refractivity contribution in [2.75, 3.05) is 0 Å². The highest BCUT2D eigenvalue weighted by molar-refractivity contribution is 9.10. The van der Waals surface area contributed by atoms with Crippen LogP contribution in [0.2, 0.25) is 0 Å². The molecule has 1 rings (SSSR count). The Morgan fingerprint density at radius 3 is 2.55 bits per heavy atom. The molecule has 1 amide bonds. The predicted octanol–water partition coefficient (Wildman–Crippen LogP) is 2.22. The fraction of sp³-hybridized carbons (Fsp3) is 0.583. The van der Waals surface area contributed by atoms with Crippen molar-refractivity contribution in [2.24, 2.45) is 7.05 Å². The number of carbonyl (C=O) groups is 2. The van der Waals surface area contributed by atoms with Crippen molar-refractivity contribution in [3.05, 3.63) is 16.4 Å². The van der Waals surface area contributed by atoms with Gasteiger partial charge in [0.05, 0.1) is 18.7 Å². The average molecular weight is 348 g/mol. The molecule has 112 valence electrons. The number of ether oxygens (including phenoxy) is 1. The number of carboxylic acids is 1. The van der Waals surface area contributed by atoms with Gasteiger partial charge in [-0.05, 0) is 36.7 Å². The molecule has 2 N–H and O–H groups in total. The van der Waals surface area contributed by atoms with Crippen molar-refractivity contribution in [1.82, 2.24) is 15.1 Å². The highest BCUT2D eigenvalue weighted by Crippen LogP contribution is 2.25. The van der Waals surface area contributed by atoms with Crippen LogP contribution in [0.25, 0.3) is 0 Å². The maximum Gasteiger partial charge on any atom is 0.408 e. The van der Waals surface area contributed by atoms with Gasteiger partial charge in [-0.15, -0.1) is 0 Å². The monoisotopic (exact) mass is 347 g/mol. The number of rotatable bonds is 4. The number of nitrogens with zero attached hydrogens (tertiary/aromatic N) is 2.